The van der Waals surface area contributed by atoms with Crippen LogP contribution in [0.2, 0.25) is 0 Å². The first-order chi connectivity index (χ1) is 8.63. The summed E-state index contributed by atoms with van der Waals surface area (Å²) in [5.74, 6) is -0.0655. The van der Waals surface area contributed by atoms with E-state index >= 15 is 0 Å². The number of benzene rings is 1. The summed E-state index contributed by atoms with van der Waals surface area (Å²) in [6, 6.07) is 5.28. The van der Waals surface area contributed by atoms with Crippen molar-refractivity contribution in [1.29, 1.82) is 0 Å². The molecule has 1 aromatic heterocycles. The molecule has 2 rings (SSSR count). The number of fused-ring (bicyclic) bond motifs is 1. The van der Waals surface area contributed by atoms with Crippen LogP contribution in [0.3, 0.4) is 0 Å². The zero-order chi connectivity index (χ0) is 13.1. The Bertz CT molecular complexity index is 612. The quantitative estimate of drug-likeness (QED) is 0.863. The zero-order valence-corrected chi connectivity index (χ0v) is 10.6. The number of amides is 1. The Morgan fingerprint density at radius 2 is 2.11 bits per heavy atom. The summed E-state index contributed by atoms with van der Waals surface area (Å²) in [7, 11) is 1.78. The molecular weight excluding hydrogens is 230 g/mol. The molecule has 0 aliphatic heterocycles. The van der Waals surface area contributed by atoms with Crippen LogP contribution in [0.5, 0.6) is 0 Å². The minimum atomic E-state index is -0.290. The highest BCUT2D eigenvalue weighted by Gasteiger charge is 2.15. The van der Waals surface area contributed by atoms with Crippen LogP contribution in [-0.4, -0.2) is 34.4 Å². The third-order valence-corrected chi connectivity index (χ3v) is 2.98. The Morgan fingerprint density at radius 1 is 1.33 bits per heavy atom. The van der Waals surface area contributed by atoms with Gasteiger partial charge in [-0.15, -0.1) is 0 Å². The second kappa shape index (κ2) is 5.08. The van der Waals surface area contributed by atoms with E-state index in [0.29, 0.717) is 16.6 Å². The van der Waals surface area contributed by atoms with Crippen molar-refractivity contribution in [2.45, 2.75) is 19.8 Å². The molecule has 96 valence electrons. The molecule has 1 amide bonds. The minimum Gasteiger partial charge on any atom is -0.342 e. The van der Waals surface area contributed by atoms with Gasteiger partial charge in [-0.2, -0.15) is 0 Å². The maximum Gasteiger partial charge on any atom is 0.323 e. The number of aromatic amines is 2. The van der Waals surface area contributed by atoms with Crippen molar-refractivity contribution < 1.29 is 4.79 Å². The van der Waals surface area contributed by atoms with Gasteiger partial charge in [0.1, 0.15) is 0 Å². The topological polar surface area (TPSA) is 69.0 Å². The molecule has 0 spiro atoms. The fourth-order valence-corrected chi connectivity index (χ4v) is 1.94. The number of H-pyrrole nitrogens is 2. The summed E-state index contributed by atoms with van der Waals surface area (Å²) in [6.07, 6.45) is 2.02. The number of imidazole rings is 1. The van der Waals surface area contributed by atoms with Gasteiger partial charge in [0.05, 0.1) is 16.6 Å². The largest absolute Gasteiger partial charge is 0.342 e. The summed E-state index contributed by atoms with van der Waals surface area (Å²) in [5.41, 5.74) is 1.48. The number of carbonyl (C=O) groups excluding carboxylic acids is 1. The van der Waals surface area contributed by atoms with Gasteiger partial charge in [0.15, 0.2) is 0 Å². The van der Waals surface area contributed by atoms with Gasteiger partial charge in [0.2, 0.25) is 0 Å². The fourth-order valence-electron chi connectivity index (χ4n) is 1.94. The van der Waals surface area contributed by atoms with Crippen LogP contribution in [0.4, 0.5) is 0 Å². The number of unbranched alkanes of at least 4 members (excludes halogenated alkanes) is 1. The van der Waals surface area contributed by atoms with E-state index in [1.54, 1.807) is 30.1 Å². The SMILES string of the molecule is CCCCN(C)C(=O)c1cccc2[nH]c(=O)[nH]c12. The normalized spacial score (nSPS) is 10.8. The van der Waals surface area contributed by atoms with Crippen LogP contribution in [0.1, 0.15) is 30.1 Å². The summed E-state index contributed by atoms with van der Waals surface area (Å²) in [4.78, 5) is 30.5. The Kier molecular flexibility index (Phi) is 3.50. The highest BCUT2D eigenvalue weighted by Crippen LogP contribution is 2.15. The average Bonchev–Trinajstić information content (AvgIpc) is 2.74. The van der Waals surface area contributed by atoms with Crippen molar-refractivity contribution in [3.05, 3.63) is 34.2 Å². The van der Waals surface area contributed by atoms with Crippen molar-refractivity contribution >= 4 is 16.9 Å². The second-order valence-corrected chi connectivity index (χ2v) is 4.39. The molecular formula is C13H17N3O2. The van der Waals surface area contributed by atoms with E-state index in [-0.39, 0.29) is 11.6 Å². The molecule has 2 N–H and O–H groups in total. The number of para-hydroxylation sites is 1. The lowest BCUT2D eigenvalue weighted by Gasteiger charge is -2.16. The number of carbonyl (C=O) groups is 1. The van der Waals surface area contributed by atoms with E-state index < -0.39 is 0 Å². The van der Waals surface area contributed by atoms with Gasteiger partial charge in [0.25, 0.3) is 5.91 Å². The number of aromatic nitrogens is 2. The van der Waals surface area contributed by atoms with E-state index in [2.05, 4.69) is 16.9 Å². The highest BCUT2D eigenvalue weighted by molar-refractivity contribution is 6.04. The maximum absolute atomic E-state index is 12.3. The first-order valence-electron chi connectivity index (χ1n) is 6.10. The predicted molar refractivity (Wildman–Crippen MR) is 70.8 cm³/mol. The van der Waals surface area contributed by atoms with E-state index in [1.807, 2.05) is 0 Å². The molecule has 0 atom stereocenters. The molecule has 0 radical (unpaired) electrons. The third-order valence-electron chi connectivity index (χ3n) is 2.98. The van der Waals surface area contributed by atoms with Gasteiger partial charge in [0, 0.05) is 13.6 Å². The summed E-state index contributed by atoms with van der Waals surface area (Å²) in [5, 5.41) is 0. The molecule has 0 bridgehead atoms. The fraction of sp³-hybridized carbons (Fsp3) is 0.385. The Balaban J connectivity index is 2.35. The molecule has 0 unspecified atom stereocenters. The Morgan fingerprint density at radius 3 is 2.83 bits per heavy atom. The number of nitrogens with one attached hydrogen (secondary N) is 2. The van der Waals surface area contributed by atoms with Crippen molar-refractivity contribution in [3.63, 3.8) is 0 Å². The van der Waals surface area contributed by atoms with Crippen LogP contribution >= 0.6 is 0 Å². The average molecular weight is 247 g/mol. The first-order valence-corrected chi connectivity index (χ1v) is 6.10. The number of hydrogen-bond acceptors (Lipinski definition) is 2. The lowest BCUT2D eigenvalue weighted by molar-refractivity contribution is 0.0795. The number of rotatable bonds is 4. The van der Waals surface area contributed by atoms with E-state index in [1.165, 1.54) is 0 Å². The van der Waals surface area contributed by atoms with Crippen LogP contribution in [0, 0.1) is 0 Å². The smallest absolute Gasteiger partial charge is 0.323 e. The molecule has 5 heteroatoms. The van der Waals surface area contributed by atoms with Crippen molar-refractivity contribution in [1.82, 2.24) is 14.9 Å². The lowest BCUT2D eigenvalue weighted by Crippen LogP contribution is -2.27. The standard InChI is InChI=1S/C13H17N3O2/c1-3-4-8-16(2)12(17)9-6-5-7-10-11(9)15-13(18)14-10/h5-7H,3-4,8H2,1-2H3,(H2,14,15,18). The predicted octanol–water partition coefficient (Wildman–Crippen LogP) is 1.73. The van der Waals surface area contributed by atoms with E-state index in [4.69, 9.17) is 0 Å². The van der Waals surface area contributed by atoms with E-state index in [0.717, 1.165) is 19.4 Å². The molecule has 0 aliphatic carbocycles. The number of hydrogen-bond donors (Lipinski definition) is 2. The first kappa shape index (κ1) is 12.4. The Labute approximate surface area is 105 Å². The van der Waals surface area contributed by atoms with Crippen LogP contribution < -0.4 is 5.69 Å². The highest BCUT2D eigenvalue weighted by atomic mass is 16.2. The molecule has 18 heavy (non-hydrogen) atoms. The van der Waals surface area contributed by atoms with Gasteiger partial charge in [-0.25, -0.2) is 4.79 Å². The molecule has 0 aliphatic rings. The van der Waals surface area contributed by atoms with Gasteiger partial charge in [-0.05, 0) is 18.6 Å². The minimum absolute atomic E-state index is 0.0655. The molecule has 2 aromatic rings. The van der Waals surface area contributed by atoms with Crippen molar-refractivity contribution in [3.8, 4) is 0 Å². The van der Waals surface area contributed by atoms with Gasteiger partial charge in [-0.3, -0.25) is 4.79 Å². The lowest BCUT2D eigenvalue weighted by atomic mass is 10.1. The molecule has 1 aromatic carbocycles. The molecule has 5 nitrogen and oxygen atoms in total. The monoisotopic (exact) mass is 247 g/mol. The van der Waals surface area contributed by atoms with E-state index in [9.17, 15) is 9.59 Å². The van der Waals surface area contributed by atoms with Crippen LogP contribution in [0.25, 0.3) is 11.0 Å². The van der Waals surface area contributed by atoms with Crippen LogP contribution in [-0.2, 0) is 0 Å². The molecule has 0 saturated carbocycles. The van der Waals surface area contributed by atoms with Gasteiger partial charge < -0.3 is 14.9 Å². The van der Waals surface area contributed by atoms with Gasteiger partial charge in [-0.1, -0.05) is 19.4 Å². The zero-order valence-electron chi connectivity index (χ0n) is 10.6. The molecule has 0 fully saturated rings. The molecule has 0 saturated heterocycles. The van der Waals surface area contributed by atoms with Crippen molar-refractivity contribution in [2.24, 2.45) is 0 Å². The van der Waals surface area contributed by atoms with Crippen molar-refractivity contribution in [2.75, 3.05) is 13.6 Å². The summed E-state index contributed by atoms with van der Waals surface area (Å²) < 4.78 is 0. The van der Waals surface area contributed by atoms with Crippen LogP contribution in [0.15, 0.2) is 23.0 Å². The second-order valence-electron chi connectivity index (χ2n) is 4.39. The number of nitrogens with zero attached hydrogens (tertiary/aromatic N) is 1. The third kappa shape index (κ3) is 2.30. The molecule has 1 heterocycles. The summed E-state index contributed by atoms with van der Waals surface area (Å²) >= 11 is 0. The Hall–Kier alpha value is -2.04. The van der Waals surface area contributed by atoms with Gasteiger partial charge >= 0.3 is 5.69 Å². The summed E-state index contributed by atoms with van der Waals surface area (Å²) in [6.45, 7) is 2.81. The maximum atomic E-state index is 12.3.